The number of ether oxygens (including phenoxy) is 1. The molecule has 1 aromatic heterocycles. The van der Waals surface area contributed by atoms with Crippen molar-refractivity contribution in [2.24, 2.45) is 0 Å². The van der Waals surface area contributed by atoms with Crippen LogP contribution in [-0.2, 0) is 13.2 Å². The summed E-state index contributed by atoms with van der Waals surface area (Å²) in [6, 6.07) is 7.84. The van der Waals surface area contributed by atoms with E-state index in [0.29, 0.717) is 6.61 Å². The average Bonchev–Trinajstić information content (AvgIpc) is 2.77. The van der Waals surface area contributed by atoms with Crippen molar-refractivity contribution in [1.29, 1.82) is 0 Å². The maximum atomic E-state index is 5.71. The quantitative estimate of drug-likeness (QED) is 0.842. The zero-order valence-electron chi connectivity index (χ0n) is 9.77. The van der Waals surface area contributed by atoms with E-state index in [4.69, 9.17) is 4.74 Å². The van der Waals surface area contributed by atoms with Gasteiger partial charge in [0.05, 0.1) is 18.2 Å². The number of nitrogens with zero attached hydrogens (tertiary/aromatic N) is 2. The molecule has 4 heteroatoms. The second kappa shape index (κ2) is 5.87. The highest BCUT2D eigenvalue weighted by atomic mass is 79.9. The summed E-state index contributed by atoms with van der Waals surface area (Å²) in [6.45, 7) is 3.69. The molecule has 0 unspecified atom stereocenters. The fourth-order valence-electron chi connectivity index (χ4n) is 1.60. The number of hydrogen-bond donors (Lipinski definition) is 0. The molecule has 17 heavy (non-hydrogen) atoms. The Bertz CT molecular complexity index is 465. The van der Waals surface area contributed by atoms with Gasteiger partial charge in [0.2, 0.25) is 0 Å². The van der Waals surface area contributed by atoms with E-state index in [1.165, 1.54) is 0 Å². The molecule has 1 aromatic carbocycles. The Hall–Kier alpha value is -1.29. The third-order valence-corrected chi connectivity index (χ3v) is 2.99. The lowest BCUT2D eigenvalue weighted by atomic mass is 10.3. The minimum Gasteiger partial charge on any atom is -0.487 e. The monoisotopic (exact) mass is 294 g/mol. The van der Waals surface area contributed by atoms with Crippen LogP contribution in [0.2, 0.25) is 0 Å². The largest absolute Gasteiger partial charge is 0.487 e. The summed E-state index contributed by atoms with van der Waals surface area (Å²) < 4.78 is 8.89. The molecule has 2 aromatic rings. The normalized spacial score (nSPS) is 10.5. The third-order valence-electron chi connectivity index (χ3n) is 2.46. The zero-order chi connectivity index (χ0) is 12.1. The van der Waals surface area contributed by atoms with Crippen LogP contribution in [0.3, 0.4) is 0 Å². The average molecular weight is 295 g/mol. The minimum atomic E-state index is 0.557. The van der Waals surface area contributed by atoms with Crippen molar-refractivity contribution in [1.82, 2.24) is 9.55 Å². The van der Waals surface area contributed by atoms with E-state index in [0.717, 1.165) is 28.9 Å². The second-order valence-corrected chi connectivity index (χ2v) is 4.74. The van der Waals surface area contributed by atoms with Crippen LogP contribution in [0, 0.1) is 0 Å². The SMILES string of the molecule is CCCn1cncc1COc1ccc(Br)cc1. The second-order valence-electron chi connectivity index (χ2n) is 3.82. The van der Waals surface area contributed by atoms with Crippen molar-refractivity contribution >= 4 is 15.9 Å². The van der Waals surface area contributed by atoms with Crippen molar-refractivity contribution in [3.63, 3.8) is 0 Å². The van der Waals surface area contributed by atoms with Gasteiger partial charge in [-0.25, -0.2) is 4.98 Å². The van der Waals surface area contributed by atoms with Gasteiger partial charge >= 0.3 is 0 Å². The third kappa shape index (κ3) is 3.33. The van der Waals surface area contributed by atoms with E-state index in [1.54, 1.807) is 0 Å². The Morgan fingerprint density at radius 3 is 2.76 bits per heavy atom. The lowest BCUT2D eigenvalue weighted by molar-refractivity contribution is 0.294. The molecule has 90 valence electrons. The molecule has 2 rings (SSSR count). The van der Waals surface area contributed by atoms with E-state index in [1.807, 2.05) is 36.8 Å². The lowest BCUT2D eigenvalue weighted by Gasteiger charge is -2.08. The highest BCUT2D eigenvalue weighted by Gasteiger charge is 2.02. The summed E-state index contributed by atoms with van der Waals surface area (Å²) in [7, 11) is 0. The van der Waals surface area contributed by atoms with Crippen molar-refractivity contribution in [2.75, 3.05) is 0 Å². The molecule has 0 atom stereocenters. The Morgan fingerprint density at radius 1 is 1.29 bits per heavy atom. The molecular weight excluding hydrogens is 280 g/mol. The smallest absolute Gasteiger partial charge is 0.130 e. The first-order valence-electron chi connectivity index (χ1n) is 5.67. The topological polar surface area (TPSA) is 27.1 Å². The van der Waals surface area contributed by atoms with Gasteiger partial charge in [-0.1, -0.05) is 22.9 Å². The summed E-state index contributed by atoms with van der Waals surface area (Å²) >= 11 is 3.40. The molecule has 0 aliphatic carbocycles. The van der Waals surface area contributed by atoms with Crippen molar-refractivity contribution < 1.29 is 4.74 Å². The standard InChI is InChI=1S/C13H15BrN2O/c1-2-7-16-10-15-8-12(16)9-17-13-5-3-11(14)4-6-13/h3-6,8,10H,2,7,9H2,1H3. The van der Waals surface area contributed by atoms with Gasteiger partial charge in [-0.15, -0.1) is 0 Å². The van der Waals surface area contributed by atoms with Crippen molar-refractivity contribution in [2.45, 2.75) is 26.5 Å². The van der Waals surface area contributed by atoms with Crippen molar-refractivity contribution in [3.05, 3.63) is 47.0 Å². The molecule has 0 aliphatic heterocycles. The fraction of sp³-hybridized carbons (Fsp3) is 0.308. The molecule has 0 fully saturated rings. The Morgan fingerprint density at radius 2 is 2.06 bits per heavy atom. The van der Waals surface area contributed by atoms with Crippen LogP contribution in [0.4, 0.5) is 0 Å². The highest BCUT2D eigenvalue weighted by molar-refractivity contribution is 9.10. The van der Waals surface area contributed by atoms with Gasteiger partial charge in [-0.3, -0.25) is 0 Å². The van der Waals surface area contributed by atoms with E-state index >= 15 is 0 Å². The van der Waals surface area contributed by atoms with Crippen LogP contribution in [-0.4, -0.2) is 9.55 Å². The van der Waals surface area contributed by atoms with Crippen LogP contribution >= 0.6 is 15.9 Å². The van der Waals surface area contributed by atoms with Crippen LogP contribution < -0.4 is 4.74 Å². The molecule has 0 saturated carbocycles. The van der Waals surface area contributed by atoms with E-state index in [9.17, 15) is 0 Å². The summed E-state index contributed by atoms with van der Waals surface area (Å²) in [5.41, 5.74) is 1.11. The predicted molar refractivity (Wildman–Crippen MR) is 71.0 cm³/mol. The molecule has 0 N–H and O–H groups in total. The Labute approximate surface area is 110 Å². The van der Waals surface area contributed by atoms with Crippen LogP contribution in [0.5, 0.6) is 5.75 Å². The molecular formula is C13H15BrN2O. The van der Waals surface area contributed by atoms with Crippen LogP contribution in [0.25, 0.3) is 0 Å². The Kier molecular flexibility index (Phi) is 4.20. The van der Waals surface area contributed by atoms with E-state index in [2.05, 4.69) is 32.4 Å². The van der Waals surface area contributed by atoms with Crippen LogP contribution in [0.15, 0.2) is 41.3 Å². The first-order valence-corrected chi connectivity index (χ1v) is 6.46. The first-order chi connectivity index (χ1) is 8.29. The predicted octanol–water partition coefficient (Wildman–Crippen LogP) is 3.63. The molecule has 0 aliphatic rings. The summed E-state index contributed by atoms with van der Waals surface area (Å²) in [4.78, 5) is 4.14. The number of halogens is 1. The molecule has 0 saturated heterocycles. The lowest BCUT2D eigenvalue weighted by Crippen LogP contribution is -2.04. The maximum absolute atomic E-state index is 5.71. The van der Waals surface area contributed by atoms with E-state index < -0.39 is 0 Å². The molecule has 1 heterocycles. The molecule has 0 bridgehead atoms. The number of rotatable bonds is 5. The molecule has 0 spiro atoms. The number of hydrogen-bond acceptors (Lipinski definition) is 2. The van der Waals surface area contributed by atoms with Gasteiger partial charge < -0.3 is 9.30 Å². The number of aryl methyl sites for hydroxylation is 1. The number of benzene rings is 1. The highest BCUT2D eigenvalue weighted by Crippen LogP contribution is 2.17. The summed E-state index contributed by atoms with van der Waals surface area (Å²) in [6.07, 6.45) is 4.81. The van der Waals surface area contributed by atoms with Crippen molar-refractivity contribution in [3.8, 4) is 5.75 Å². The number of aromatic nitrogens is 2. The van der Waals surface area contributed by atoms with Crippen LogP contribution in [0.1, 0.15) is 19.0 Å². The molecule has 0 amide bonds. The van der Waals surface area contributed by atoms with Gasteiger partial charge in [0.15, 0.2) is 0 Å². The molecule has 3 nitrogen and oxygen atoms in total. The first kappa shape index (κ1) is 12.2. The molecule has 0 radical (unpaired) electrons. The fourth-order valence-corrected chi connectivity index (χ4v) is 1.86. The zero-order valence-corrected chi connectivity index (χ0v) is 11.4. The summed E-state index contributed by atoms with van der Waals surface area (Å²) in [5, 5.41) is 0. The van der Waals surface area contributed by atoms with Gasteiger partial charge in [0, 0.05) is 11.0 Å². The van der Waals surface area contributed by atoms with Gasteiger partial charge in [0.25, 0.3) is 0 Å². The Balaban J connectivity index is 1.97. The minimum absolute atomic E-state index is 0.557. The maximum Gasteiger partial charge on any atom is 0.130 e. The number of imidazole rings is 1. The van der Waals surface area contributed by atoms with Gasteiger partial charge in [-0.2, -0.15) is 0 Å². The van der Waals surface area contributed by atoms with Gasteiger partial charge in [-0.05, 0) is 30.7 Å². The van der Waals surface area contributed by atoms with Gasteiger partial charge in [0.1, 0.15) is 12.4 Å². The summed E-state index contributed by atoms with van der Waals surface area (Å²) in [5.74, 6) is 0.873. The van der Waals surface area contributed by atoms with E-state index in [-0.39, 0.29) is 0 Å².